The number of aliphatic carboxylic acids is 3. The Balaban J connectivity index is 0. The van der Waals surface area contributed by atoms with Crippen LogP contribution in [0.2, 0.25) is 0 Å². The van der Waals surface area contributed by atoms with Crippen molar-refractivity contribution in [1.29, 1.82) is 0 Å². The number of rotatable bonds is 51. The molecule has 0 aliphatic carbocycles. The third-order valence-corrected chi connectivity index (χ3v) is 12.2. The molecule has 0 aromatic rings. The summed E-state index contributed by atoms with van der Waals surface area (Å²) in [5.74, 6) is -4.43. The summed E-state index contributed by atoms with van der Waals surface area (Å²) in [4.78, 5) is 64.4. The molecule has 0 spiro atoms. The van der Waals surface area contributed by atoms with Gasteiger partial charge >= 0.3 is 39.9 Å². The fourth-order valence-corrected chi connectivity index (χ4v) is 8.35. The molecule has 1 radical (unpaired) electrons. The van der Waals surface area contributed by atoms with Crippen LogP contribution >= 0.6 is 0 Å². The minimum atomic E-state index is -1.36. The third kappa shape index (κ3) is 48.7. The Labute approximate surface area is 423 Å². The van der Waals surface area contributed by atoms with Gasteiger partial charge in [0.1, 0.15) is 5.78 Å². The molecule has 0 aliphatic rings. The predicted octanol–water partition coefficient (Wildman–Crippen LogP) is 7.13. The van der Waals surface area contributed by atoms with Crippen molar-refractivity contribution < 1.29 is 79.2 Å². The summed E-state index contributed by atoms with van der Waals surface area (Å²) in [6.07, 6.45) is 41.8. The van der Waals surface area contributed by atoms with Gasteiger partial charge in [0.2, 0.25) is 5.91 Å². The Morgan fingerprint density at radius 2 is 0.609 bits per heavy atom. The van der Waals surface area contributed by atoms with E-state index in [1.54, 1.807) is 0 Å². The van der Waals surface area contributed by atoms with Crippen molar-refractivity contribution in [2.75, 3.05) is 65.4 Å². The largest absolute Gasteiger partial charge is 3.00 e. The Morgan fingerprint density at radius 3 is 0.938 bits per heavy atom. The first-order valence-electron chi connectivity index (χ1n) is 26.1. The zero-order valence-electron chi connectivity index (χ0n) is 41.1. The third-order valence-electron chi connectivity index (χ3n) is 12.2. The van der Waals surface area contributed by atoms with E-state index in [4.69, 9.17) is 0 Å². The van der Waals surface area contributed by atoms with Gasteiger partial charge in [-0.25, -0.2) is 0 Å². The number of nitrogens with zero attached hydrogens (tertiary/aromatic N) is 3. The van der Waals surface area contributed by atoms with Crippen molar-refractivity contribution >= 4 is 29.6 Å². The molecule has 0 atom stereocenters. The number of carboxylic acids is 3. The van der Waals surface area contributed by atoms with Crippen LogP contribution in [0.15, 0.2) is 0 Å². The number of carbonyl (C=O) groups excluding carboxylic acids is 5. The summed E-state index contributed by atoms with van der Waals surface area (Å²) >= 11 is 0. The van der Waals surface area contributed by atoms with Crippen molar-refractivity contribution in [3.05, 3.63) is 0 Å². The van der Waals surface area contributed by atoms with Gasteiger partial charge in [-0.15, -0.1) is 0 Å². The fourth-order valence-electron chi connectivity index (χ4n) is 8.35. The van der Waals surface area contributed by atoms with E-state index in [1.807, 2.05) is 0 Å². The maximum atomic E-state index is 12.8. The SMILES string of the molecule is CCCCCCCCCCCCCCCCCCCC(=O)CN(CCN(CCN(CC(=O)[O-])CC(=O)NCCCCCCCCCCCCCCCCCC)CC(=O)[O-])CC(=O)[O-].[Gd+3]. The molecule has 375 valence electrons. The summed E-state index contributed by atoms with van der Waals surface area (Å²) < 4.78 is 0. The van der Waals surface area contributed by atoms with E-state index in [2.05, 4.69) is 19.2 Å². The second kappa shape index (κ2) is 49.7. The maximum Gasteiger partial charge on any atom is 3.00 e. The van der Waals surface area contributed by atoms with E-state index in [0.717, 1.165) is 44.9 Å². The van der Waals surface area contributed by atoms with Gasteiger partial charge in [0, 0.05) is 58.8 Å². The zero-order valence-corrected chi connectivity index (χ0v) is 43.3. The number of carbonyl (C=O) groups is 5. The molecule has 0 saturated heterocycles. The van der Waals surface area contributed by atoms with Crippen molar-refractivity contribution in [3.63, 3.8) is 0 Å². The molecule has 0 unspecified atom stereocenters. The molecule has 0 bridgehead atoms. The van der Waals surface area contributed by atoms with Crippen LogP contribution in [0, 0.1) is 39.9 Å². The topological polar surface area (TPSA) is 176 Å². The van der Waals surface area contributed by atoms with Crippen LogP contribution in [-0.4, -0.2) is 110 Å². The Bertz CT molecular complexity index is 1040. The molecule has 0 aromatic carbocycles. The molecule has 1 amide bonds. The van der Waals surface area contributed by atoms with E-state index in [0.29, 0.717) is 13.0 Å². The van der Waals surface area contributed by atoms with Gasteiger partial charge in [-0.05, 0) is 12.8 Å². The van der Waals surface area contributed by atoms with E-state index >= 15 is 0 Å². The van der Waals surface area contributed by atoms with Crippen LogP contribution in [0.1, 0.15) is 232 Å². The number of hydrogen-bond donors (Lipinski definition) is 1. The molecule has 0 aromatic heterocycles. The zero-order chi connectivity index (χ0) is 46.4. The minimum Gasteiger partial charge on any atom is -0.549 e. The van der Waals surface area contributed by atoms with Gasteiger partial charge in [-0.1, -0.05) is 213 Å². The molecule has 0 heterocycles. The number of ketones is 1. The molecule has 12 nitrogen and oxygen atoms in total. The maximum absolute atomic E-state index is 12.8. The Hall–Kier alpha value is -1.25. The molecular weight excluding hydrogens is 954 g/mol. The monoisotopic (exact) mass is 1050 g/mol. The summed E-state index contributed by atoms with van der Waals surface area (Å²) in [5.41, 5.74) is 0. The van der Waals surface area contributed by atoms with Crippen molar-refractivity contribution in [2.45, 2.75) is 232 Å². The molecule has 0 saturated carbocycles. The Morgan fingerprint density at radius 1 is 0.344 bits per heavy atom. The number of amides is 1. The van der Waals surface area contributed by atoms with Gasteiger partial charge < -0.3 is 35.0 Å². The van der Waals surface area contributed by atoms with Gasteiger partial charge in [0.25, 0.3) is 0 Å². The van der Waals surface area contributed by atoms with E-state index < -0.39 is 37.5 Å². The second-order valence-corrected chi connectivity index (χ2v) is 18.4. The summed E-state index contributed by atoms with van der Waals surface area (Å²) in [5, 5.41) is 37.4. The van der Waals surface area contributed by atoms with E-state index in [-0.39, 0.29) is 90.9 Å². The average Bonchev–Trinajstić information content (AvgIpc) is 3.23. The molecule has 64 heavy (non-hydrogen) atoms. The van der Waals surface area contributed by atoms with Crippen molar-refractivity contribution in [2.24, 2.45) is 0 Å². The second-order valence-electron chi connectivity index (χ2n) is 18.4. The van der Waals surface area contributed by atoms with Gasteiger partial charge in [0.05, 0.1) is 31.0 Å². The van der Waals surface area contributed by atoms with Gasteiger partial charge in [-0.2, -0.15) is 0 Å². The van der Waals surface area contributed by atoms with Crippen molar-refractivity contribution in [1.82, 2.24) is 20.0 Å². The first-order valence-corrected chi connectivity index (χ1v) is 26.1. The average molecular weight is 1050 g/mol. The molecule has 1 N–H and O–H groups in total. The number of unbranched alkanes of at least 4 members (excludes halogenated alkanes) is 31. The summed E-state index contributed by atoms with van der Waals surface area (Å²) in [7, 11) is 0. The molecular formula is C51H95GdN4O8. The number of carboxylic acid groups (broad SMARTS) is 3. The predicted molar refractivity (Wildman–Crippen MR) is 251 cm³/mol. The molecule has 0 aliphatic heterocycles. The quantitative estimate of drug-likeness (QED) is 0.0614. The normalized spacial score (nSPS) is 11.4. The molecule has 0 fully saturated rings. The van der Waals surface area contributed by atoms with Crippen molar-refractivity contribution in [3.8, 4) is 0 Å². The number of Topliss-reactive ketones (excluding diaryl/α,β-unsaturated/α-hetero) is 1. The van der Waals surface area contributed by atoms with Crippen LogP contribution in [0.3, 0.4) is 0 Å². The van der Waals surface area contributed by atoms with Crippen LogP contribution in [0.4, 0.5) is 0 Å². The van der Waals surface area contributed by atoms with Crippen LogP contribution in [0.25, 0.3) is 0 Å². The van der Waals surface area contributed by atoms with Crippen LogP contribution < -0.4 is 20.6 Å². The van der Waals surface area contributed by atoms with Crippen LogP contribution in [-0.2, 0) is 24.0 Å². The number of nitrogens with one attached hydrogen (secondary N) is 1. The van der Waals surface area contributed by atoms with E-state index in [1.165, 1.54) is 182 Å². The summed E-state index contributed by atoms with van der Waals surface area (Å²) in [6.45, 7) is 3.62. The Kier molecular flexibility index (Phi) is 50.3. The first kappa shape index (κ1) is 64.8. The van der Waals surface area contributed by atoms with Gasteiger partial charge in [0.15, 0.2) is 0 Å². The summed E-state index contributed by atoms with van der Waals surface area (Å²) in [6, 6.07) is 0. The smallest absolute Gasteiger partial charge is 0.549 e. The van der Waals surface area contributed by atoms with E-state index in [9.17, 15) is 39.3 Å². The number of hydrogen-bond acceptors (Lipinski definition) is 11. The standard InChI is InChI=1S/C51H98N4O8.Gd/c1-3-5-7-9-11-13-15-17-19-21-22-24-26-28-30-32-34-36-47(56)42-54(45-50(60)61)40-38-53(44-49(58)59)39-41-55(46-51(62)63)43-48(57)52-37-35-33-31-29-27-25-23-20-18-16-14-12-10-8-6-4-2;/h3-46H2,1-2H3,(H,52,57)(H,58,59)(H,60,61)(H,62,63);/q;+3/p-3. The first-order chi connectivity index (χ1) is 30.6. The minimum absolute atomic E-state index is 0. The fraction of sp³-hybridized carbons (Fsp3) is 0.902. The van der Waals surface area contributed by atoms with Gasteiger partial charge in [-0.3, -0.25) is 24.3 Å². The molecule has 0 rings (SSSR count). The molecule has 13 heteroatoms. The van der Waals surface area contributed by atoms with Crippen LogP contribution in [0.5, 0.6) is 0 Å².